The molecule has 0 heterocycles. The zero-order valence-electron chi connectivity index (χ0n) is 14.4. The van der Waals surface area contributed by atoms with E-state index in [1.807, 2.05) is 0 Å². The number of hydrogen-bond donors (Lipinski definition) is 2. The van der Waals surface area contributed by atoms with Crippen LogP contribution in [0, 0.1) is 10.1 Å². The number of aliphatic hydroxyl groups excluding tert-OH is 1. The second-order valence-electron chi connectivity index (χ2n) is 5.68. The van der Waals surface area contributed by atoms with Crippen molar-refractivity contribution in [3.8, 4) is 0 Å². The average Bonchev–Trinajstić information content (AvgIpc) is 2.64. The maximum absolute atomic E-state index is 11.7. The summed E-state index contributed by atoms with van der Waals surface area (Å²) in [4.78, 5) is 22.1. The second-order valence-corrected chi connectivity index (χ2v) is 6.49. The Labute approximate surface area is 166 Å². The largest absolute Gasteiger partial charge is 0.450 e. The number of benzene rings is 2. The molecule has 0 saturated heterocycles. The minimum absolute atomic E-state index is 0.0284. The highest BCUT2D eigenvalue weighted by molar-refractivity contribution is 6.42. The Balaban J connectivity index is 2.35. The van der Waals surface area contributed by atoms with Crippen LogP contribution in [0.1, 0.15) is 30.1 Å². The minimum Gasteiger partial charge on any atom is -0.450 e. The van der Waals surface area contributed by atoms with Crippen LogP contribution in [0.15, 0.2) is 42.5 Å². The number of nitro groups is 1. The van der Waals surface area contributed by atoms with E-state index in [-0.39, 0.29) is 18.8 Å². The molecule has 9 heteroatoms. The fraction of sp³-hybridized carbons (Fsp3) is 0.278. The van der Waals surface area contributed by atoms with Gasteiger partial charge in [-0.25, -0.2) is 4.79 Å². The zero-order valence-corrected chi connectivity index (χ0v) is 15.9. The van der Waals surface area contributed by atoms with Crippen LogP contribution in [0.4, 0.5) is 10.5 Å². The van der Waals surface area contributed by atoms with E-state index in [0.717, 1.165) is 0 Å². The van der Waals surface area contributed by atoms with Crippen LogP contribution in [-0.4, -0.2) is 29.3 Å². The van der Waals surface area contributed by atoms with Crippen molar-refractivity contribution < 1.29 is 19.6 Å². The molecule has 0 aliphatic rings. The molecule has 0 fully saturated rings. The molecule has 1 amide bonds. The van der Waals surface area contributed by atoms with Crippen molar-refractivity contribution in [3.05, 3.63) is 73.8 Å². The third-order valence-electron chi connectivity index (χ3n) is 3.92. The van der Waals surface area contributed by atoms with Crippen molar-refractivity contribution >= 4 is 35.0 Å². The predicted octanol–water partition coefficient (Wildman–Crippen LogP) is 4.46. The average molecular weight is 413 g/mol. The molecular formula is C18H18Cl2N2O5. The first-order chi connectivity index (χ1) is 12.8. The molecule has 0 radical (unpaired) electrons. The van der Waals surface area contributed by atoms with Gasteiger partial charge in [0.05, 0.1) is 27.7 Å². The van der Waals surface area contributed by atoms with E-state index in [0.29, 0.717) is 21.2 Å². The number of carbonyl (C=O) groups is 1. The molecule has 0 spiro atoms. The molecule has 0 saturated carbocycles. The van der Waals surface area contributed by atoms with E-state index < -0.39 is 23.0 Å². The molecule has 2 N–H and O–H groups in total. The van der Waals surface area contributed by atoms with Gasteiger partial charge >= 0.3 is 6.09 Å². The van der Waals surface area contributed by atoms with Crippen molar-refractivity contribution in [2.75, 3.05) is 13.2 Å². The van der Waals surface area contributed by atoms with Gasteiger partial charge in [0.25, 0.3) is 5.69 Å². The first-order valence-electron chi connectivity index (χ1n) is 8.11. The molecule has 0 aromatic heterocycles. The number of ether oxygens (including phenoxy) is 1. The summed E-state index contributed by atoms with van der Waals surface area (Å²) in [5, 5.41) is 25.1. The molecule has 7 nitrogen and oxygen atoms in total. The number of alkyl carbamates (subject to hydrolysis) is 1. The normalized spacial score (nSPS) is 12.9. The smallest absolute Gasteiger partial charge is 0.407 e. The summed E-state index contributed by atoms with van der Waals surface area (Å²) < 4.78 is 4.84. The Morgan fingerprint density at radius 1 is 1.22 bits per heavy atom. The van der Waals surface area contributed by atoms with Crippen molar-refractivity contribution in [1.82, 2.24) is 5.32 Å². The van der Waals surface area contributed by atoms with Gasteiger partial charge in [0.15, 0.2) is 0 Å². The topological polar surface area (TPSA) is 102 Å². The van der Waals surface area contributed by atoms with E-state index in [1.165, 1.54) is 18.2 Å². The van der Waals surface area contributed by atoms with E-state index in [2.05, 4.69) is 5.32 Å². The summed E-state index contributed by atoms with van der Waals surface area (Å²) in [7, 11) is 0. The number of non-ortho nitro benzene ring substituents is 1. The molecule has 0 aliphatic carbocycles. The fourth-order valence-corrected chi connectivity index (χ4v) is 2.89. The number of nitrogens with one attached hydrogen (secondary N) is 1. The van der Waals surface area contributed by atoms with Gasteiger partial charge in [-0.1, -0.05) is 41.4 Å². The number of amides is 1. The van der Waals surface area contributed by atoms with Gasteiger partial charge in [0.1, 0.15) is 0 Å². The van der Waals surface area contributed by atoms with Gasteiger partial charge in [-0.3, -0.25) is 10.1 Å². The third-order valence-corrected chi connectivity index (χ3v) is 4.66. The predicted molar refractivity (Wildman–Crippen MR) is 102 cm³/mol. The first kappa shape index (κ1) is 21.0. The van der Waals surface area contributed by atoms with Crippen LogP contribution in [0.25, 0.3) is 0 Å². The Morgan fingerprint density at radius 2 is 1.96 bits per heavy atom. The summed E-state index contributed by atoms with van der Waals surface area (Å²) in [5.74, 6) is -0.633. The summed E-state index contributed by atoms with van der Waals surface area (Å²) in [6, 6.07) is 10.5. The van der Waals surface area contributed by atoms with Gasteiger partial charge in [0, 0.05) is 24.6 Å². The van der Waals surface area contributed by atoms with E-state index in [9.17, 15) is 20.0 Å². The Morgan fingerprint density at radius 3 is 2.59 bits per heavy atom. The number of rotatable bonds is 7. The van der Waals surface area contributed by atoms with Crippen LogP contribution in [-0.2, 0) is 4.74 Å². The number of nitro benzene ring substituents is 1. The van der Waals surface area contributed by atoms with Crippen molar-refractivity contribution in [3.63, 3.8) is 0 Å². The lowest BCUT2D eigenvalue weighted by molar-refractivity contribution is -0.385. The van der Waals surface area contributed by atoms with Crippen LogP contribution >= 0.6 is 23.2 Å². The van der Waals surface area contributed by atoms with Gasteiger partial charge in [0.2, 0.25) is 0 Å². The minimum atomic E-state index is -1.14. The molecule has 144 valence electrons. The van der Waals surface area contributed by atoms with Crippen LogP contribution in [0.3, 0.4) is 0 Å². The number of aliphatic hydroxyl groups is 1. The van der Waals surface area contributed by atoms with Gasteiger partial charge in [-0.05, 0) is 30.2 Å². The van der Waals surface area contributed by atoms with Crippen molar-refractivity contribution in [2.24, 2.45) is 0 Å². The molecular weight excluding hydrogens is 395 g/mol. The monoisotopic (exact) mass is 412 g/mol. The quantitative estimate of drug-likeness (QED) is 0.515. The maximum Gasteiger partial charge on any atom is 0.407 e. The lowest BCUT2D eigenvalue weighted by Gasteiger charge is -2.24. The first-order valence-corrected chi connectivity index (χ1v) is 8.87. The number of carbonyl (C=O) groups excluding carboxylic acids is 1. The van der Waals surface area contributed by atoms with Crippen LogP contribution in [0.2, 0.25) is 10.0 Å². The van der Waals surface area contributed by atoms with Crippen molar-refractivity contribution in [2.45, 2.75) is 18.9 Å². The standard InChI is InChI=1S/C18H18Cl2N2O5/c1-2-27-18(24)21-10-14(11-6-7-15(19)16(20)9-11)17(23)12-4-3-5-13(8-12)22(25)26/h3-9,14,17,23H,2,10H2,1H3,(H,21,24). The lowest BCUT2D eigenvalue weighted by atomic mass is 9.89. The molecule has 27 heavy (non-hydrogen) atoms. The molecule has 2 aromatic carbocycles. The van der Waals surface area contributed by atoms with E-state index in [1.54, 1.807) is 31.2 Å². The maximum atomic E-state index is 11.7. The lowest BCUT2D eigenvalue weighted by Crippen LogP contribution is -2.31. The zero-order chi connectivity index (χ0) is 20.0. The number of halogens is 2. The highest BCUT2D eigenvalue weighted by atomic mass is 35.5. The Bertz CT molecular complexity index is 831. The molecule has 2 unspecified atom stereocenters. The third kappa shape index (κ3) is 5.56. The highest BCUT2D eigenvalue weighted by Crippen LogP contribution is 2.34. The number of nitrogens with zero attached hydrogens (tertiary/aromatic N) is 1. The molecule has 2 atom stereocenters. The van der Waals surface area contributed by atoms with E-state index >= 15 is 0 Å². The summed E-state index contributed by atoms with van der Waals surface area (Å²) in [5.41, 5.74) is 0.809. The summed E-state index contributed by atoms with van der Waals surface area (Å²) in [6.07, 6.45) is -1.77. The highest BCUT2D eigenvalue weighted by Gasteiger charge is 2.25. The van der Waals surface area contributed by atoms with Gasteiger partial charge < -0.3 is 15.2 Å². The molecule has 0 bridgehead atoms. The summed E-state index contributed by atoms with van der Waals surface area (Å²) >= 11 is 12.0. The summed E-state index contributed by atoms with van der Waals surface area (Å²) in [6.45, 7) is 1.91. The Kier molecular flexibility index (Phi) is 7.41. The van der Waals surface area contributed by atoms with E-state index in [4.69, 9.17) is 27.9 Å². The van der Waals surface area contributed by atoms with Crippen LogP contribution in [0.5, 0.6) is 0 Å². The molecule has 0 aliphatic heterocycles. The SMILES string of the molecule is CCOC(=O)NCC(c1ccc(Cl)c(Cl)c1)C(O)c1cccc([N+](=O)[O-])c1. The fourth-order valence-electron chi connectivity index (χ4n) is 2.58. The van der Waals surface area contributed by atoms with Gasteiger partial charge in [-0.2, -0.15) is 0 Å². The number of hydrogen-bond acceptors (Lipinski definition) is 5. The Hall–Kier alpha value is -2.35. The van der Waals surface area contributed by atoms with Crippen LogP contribution < -0.4 is 5.32 Å². The molecule has 2 rings (SSSR count). The van der Waals surface area contributed by atoms with Gasteiger partial charge in [-0.15, -0.1) is 0 Å². The molecule has 2 aromatic rings. The second kappa shape index (κ2) is 9.55. The van der Waals surface area contributed by atoms with Crippen molar-refractivity contribution in [1.29, 1.82) is 0 Å².